The molecule has 1 saturated heterocycles. The molecule has 1 aliphatic heterocycles. The van der Waals surface area contributed by atoms with Crippen LogP contribution >= 0.6 is 0 Å². The molecule has 1 fully saturated rings. The Hall–Kier alpha value is -2.04. The van der Waals surface area contributed by atoms with Gasteiger partial charge in [0.25, 0.3) is 0 Å². The van der Waals surface area contributed by atoms with Crippen molar-refractivity contribution in [2.45, 2.75) is 37.6 Å². The Balaban J connectivity index is 2.21. The highest BCUT2D eigenvalue weighted by molar-refractivity contribution is 5.98. The summed E-state index contributed by atoms with van der Waals surface area (Å²) < 4.78 is 15.1. The van der Waals surface area contributed by atoms with E-state index < -0.39 is 49.3 Å². The Morgan fingerprint density at radius 1 is 1.12 bits per heavy atom. The van der Waals surface area contributed by atoms with Crippen molar-refractivity contribution in [3.63, 3.8) is 0 Å². The largest absolute Gasteiger partial charge is 0.461 e. The van der Waals surface area contributed by atoms with Crippen LogP contribution < -0.4 is 4.74 Å². The first kappa shape index (κ1) is 18.3. The van der Waals surface area contributed by atoms with E-state index in [-0.39, 0.29) is 11.3 Å². The molecule has 1 aromatic rings. The molecule has 24 heavy (non-hydrogen) atoms. The molecule has 4 N–H and O–H groups in total. The van der Waals surface area contributed by atoms with E-state index in [1.165, 1.54) is 24.3 Å². The molecule has 0 saturated carbocycles. The number of hydrogen-bond donors (Lipinski definition) is 4. The zero-order valence-corrected chi connectivity index (χ0v) is 12.7. The molecule has 0 amide bonds. The van der Waals surface area contributed by atoms with E-state index in [1.807, 2.05) is 0 Å². The van der Waals surface area contributed by atoms with Crippen LogP contribution in [0.1, 0.15) is 17.3 Å². The number of carbonyl (C=O) groups excluding carboxylic acids is 2. The van der Waals surface area contributed by atoms with E-state index in [0.717, 1.165) is 6.92 Å². The number of rotatable bonds is 4. The lowest BCUT2D eigenvalue weighted by Gasteiger charge is -2.39. The monoisotopic (exact) mass is 342 g/mol. The van der Waals surface area contributed by atoms with Crippen molar-refractivity contribution >= 4 is 11.9 Å². The van der Waals surface area contributed by atoms with Crippen LogP contribution in [-0.2, 0) is 14.3 Å². The van der Waals surface area contributed by atoms with Gasteiger partial charge in [0.15, 0.2) is 0 Å². The van der Waals surface area contributed by atoms with E-state index in [4.69, 9.17) is 14.6 Å². The van der Waals surface area contributed by atoms with Crippen LogP contribution in [-0.4, -0.2) is 69.7 Å². The summed E-state index contributed by atoms with van der Waals surface area (Å²) >= 11 is 0. The Morgan fingerprint density at radius 2 is 1.79 bits per heavy atom. The second kappa shape index (κ2) is 7.69. The molecule has 1 unspecified atom stereocenters. The molecule has 1 heterocycles. The van der Waals surface area contributed by atoms with Crippen molar-refractivity contribution in [1.82, 2.24) is 0 Å². The SMILES string of the molecule is CC(=O)OC(=O)c1ccccc1OC1O[C@H](CO)[C@@H](O)[C@H](O)[C@H]1O. The number of benzene rings is 1. The first-order chi connectivity index (χ1) is 11.3. The van der Waals surface area contributed by atoms with Crippen LogP contribution in [0.3, 0.4) is 0 Å². The lowest BCUT2D eigenvalue weighted by molar-refractivity contribution is -0.277. The Morgan fingerprint density at radius 3 is 2.42 bits per heavy atom. The van der Waals surface area contributed by atoms with Gasteiger partial charge in [0.05, 0.1) is 6.61 Å². The first-order valence-corrected chi connectivity index (χ1v) is 7.14. The highest BCUT2D eigenvalue weighted by Gasteiger charge is 2.45. The third-order valence-corrected chi connectivity index (χ3v) is 3.43. The van der Waals surface area contributed by atoms with E-state index in [0.29, 0.717) is 0 Å². The summed E-state index contributed by atoms with van der Waals surface area (Å²) in [5, 5.41) is 38.5. The van der Waals surface area contributed by atoms with Gasteiger partial charge in [-0.1, -0.05) is 12.1 Å². The van der Waals surface area contributed by atoms with Crippen molar-refractivity contribution in [2.75, 3.05) is 6.61 Å². The number of carbonyl (C=O) groups is 2. The molecule has 0 radical (unpaired) electrons. The number of para-hydroxylation sites is 1. The molecular weight excluding hydrogens is 324 g/mol. The van der Waals surface area contributed by atoms with Crippen molar-refractivity contribution in [3.8, 4) is 5.75 Å². The van der Waals surface area contributed by atoms with Gasteiger partial charge in [0, 0.05) is 6.92 Å². The number of aliphatic hydroxyl groups excluding tert-OH is 4. The molecule has 0 aliphatic carbocycles. The van der Waals surface area contributed by atoms with Crippen molar-refractivity contribution in [3.05, 3.63) is 29.8 Å². The van der Waals surface area contributed by atoms with E-state index in [2.05, 4.69) is 4.74 Å². The topological polar surface area (TPSA) is 143 Å². The maximum absolute atomic E-state index is 11.9. The Bertz CT molecular complexity index is 600. The van der Waals surface area contributed by atoms with E-state index in [1.54, 1.807) is 0 Å². The number of aliphatic hydroxyl groups is 4. The van der Waals surface area contributed by atoms with Gasteiger partial charge in [-0.05, 0) is 12.1 Å². The molecular formula is C15H18O9. The van der Waals surface area contributed by atoms with Crippen LogP contribution in [0.4, 0.5) is 0 Å². The summed E-state index contributed by atoms with van der Waals surface area (Å²) in [6.07, 6.45) is -7.36. The van der Waals surface area contributed by atoms with Crippen LogP contribution in [0.15, 0.2) is 24.3 Å². The molecule has 1 aliphatic rings. The second-order valence-electron chi connectivity index (χ2n) is 5.19. The van der Waals surface area contributed by atoms with Gasteiger partial charge in [0.2, 0.25) is 6.29 Å². The smallest absolute Gasteiger partial charge is 0.349 e. The van der Waals surface area contributed by atoms with Crippen molar-refractivity contribution in [1.29, 1.82) is 0 Å². The predicted molar refractivity (Wildman–Crippen MR) is 76.9 cm³/mol. The van der Waals surface area contributed by atoms with Gasteiger partial charge in [-0.2, -0.15) is 0 Å². The van der Waals surface area contributed by atoms with Crippen LogP contribution in [0.2, 0.25) is 0 Å². The molecule has 9 nitrogen and oxygen atoms in total. The summed E-state index contributed by atoms with van der Waals surface area (Å²) in [5.41, 5.74) is -0.0929. The number of esters is 2. The molecule has 1 aromatic carbocycles. The molecule has 5 atom stereocenters. The Labute approximate surface area is 137 Å². The van der Waals surface area contributed by atoms with Gasteiger partial charge in [-0.15, -0.1) is 0 Å². The normalized spacial score (nSPS) is 29.8. The highest BCUT2D eigenvalue weighted by atomic mass is 16.7. The van der Waals surface area contributed by atoms with Crippen LogP contribution in [0.5, 0.6) is 5.75 Å². The molecule has 0 bridgehead atoms. The lowest BCUT2D eigenvalue weighted by Crippen LogP contribution is -2.60. The minimum Gasteiger partial charge on any atom is -0.461 e. The van der Waals surface area contributed by atoms with E-state index >= 15 is 0 Å². The fourth-order valence-corrected chi connectivity index (χ4v) is 2.21. The van der Waals surface area contributed by atoms with Gasteiger partial charge in [-0.25, -0.2) is 4.79 Å². The summed E-state index contributed by atoms with van der Waals surface area (Å²) in [4.78, 5) is 22.8. The first-order valence-electron chi connectivity index (χ1n) is 7.14. The van der Waals surface area contributed by atoms with Gasteiger partial charge in [-0.3, -0.25) is 4.79 Å². The lowest BCUT2D eigenvalue weighted by atomic mass is 9.99. The van der Waals surface area contributed by atoms with Crippen LogP contribution in [0.25, 0.3) is 0 Å². The van der Waals surface area contributed by atoms with Crippen molar-refractivity contribution < 1.29 is 44.2 Å². The molecule has 0 aromatic heterocycles. The minimum absolute atomic E-state index is 0.0620. The highest BCUT2D eigenvalue weighted by Crippen LogP contribution is 2.26. The summed E-state index contributed by atoms with van der Waals surface area (Å²) in [7, 11) is 0. The zero-order chi connectivity index (χ0) is 17.9. The van der Waals surface area contributed by atoms with Gasteiger partial charge in [0.1, 0.15) is 35.7 Å². The summed E-state index contributed by atoms with van der Waals surface area (Å²) in [6.45, 7) is 0.456. The number of ether oxygens (including phenoxy) is 3. The molecule has 2 rings (SSSR count). The van der Waals surface area contributed by atoms with Gasteiger partial charge >= 0.3 is 11.9 Å². The average molecular weight is 342 g/mol. The molecule has 0 spiro atoms. The zero-order valence-electron chi connectivity index (χ0n) is 12.7. The standard InChI is InChI=1S/C15H18O9/c1-7(17)22-14(21)8-4-2-3-5-9(8)23-15-13(20)12(19)11(18)10(6-16)24-15/h2-5,10-13,15-16,18-20H,6H2,1H3/t10-,11-,12+,13-,15?/m1/s1. The van der Waals surface area contributed by atoms with E-state index in [9.17, 15) is 24.9 Å². The third-order valence-electron chi connectivity index (χ3n) is 3.43. The fraction of sp³-hybridized carbons (Fsp3) is 0.467. The Kier molecular flexibility index (Phi) is 5.86. The van der Waals surface area contributed by atoms with Gasteiger partial charge < -0.3 is 34.6 Å². The minimum atomic E-state index is -1.63. The van der Waals surface area contributed by atoms with Crippen LogP contribution in [0, 0.1) is 0 Å². The average Bonchev–Trinajstić information content (AvgIpc) is 2.55. The predicted octanol–water partition coefficient (Wildman–Crippen LogP) is -1.43. The maximum atomic E-state index is 11.9. The molecule has 9 heteroatoms. The summed E-state index contributed by atoms with van der Waals surface area (Å²) in [6, 6.07) is 5.75. The fourth-order valence-electron chi connectivity index (χ4n) is 2.21. The molecule has 132 valence electrons. The third kappa shape index (κ3) is 3.89. The maximum Gasteiger partial charge on any atom is 0.349 e. The number of hydrogen-bond acceptors (Lipinski definition) is 9. The summed E-state index contributed by atoms with van der Waals surface area (Å²) in [5.74, 6) is -1.82. The van der Waals surface area contributed by atoms with Crippen molar-refractivity contribution in [2.24, 2.45) is 0 Å². The quantitative estimate of drug-likeness (QED) is 0.382. The second-order valence-corrected chi connectivity index (χ2v) is 5.19.